The number of hydrogen-bond donors (Lipinski definition) is 1. The molecule has 2 amide bonds. The summed E-state index contributed by atoms with van der Waals surface area (Å²) in [6, 6.07) is 10.2. The second kappa shape index (κ2) is 6.21. The van der Waals surface area contributed by atoms with Crippen molar-refractivity contribution in [3.8, 4) is 0 Å². The number of esters is 1. The molecule has 0 unspecified atom stereocenters. The van der Waals surface area contributed by atoms with Crippen molar-refractivity contribution < 1.29 is 19.1 Å². The van der Waals surface area contributed by atoms with Crippen molar-refractivity contribution in [3.63, 3.8) is 0 Å². The van der Waals surface area contributed by atoms with E-state index < -0.39 is 5.97 Å². The molecule has 0 spiro atoms. The van der Waals surface area contributed by atoms with Crippen LogP contribution in [0.1, 0.15) is 25.8 Å². The number of thiophene rings is 1. The normalized spacial score (nSPS) is 13.4. The van der Waals surface area contributed by atoms with Crippen molar-refractivity contribution in [1.82, 2.24) is 0 Å². The number of hydrogen-bond acceptors (Lipinski definition) is 5. The minimum absolute atomic E-state index is 0.107. The van der Waals surface area contributed by atoms with Crippen molar-refractivity contribution in [2.75, 3.05) is 23.9 Å². The van der Waals surface area contributed by atoms with Gasteiger partial charge < -0.3 is 15.0 Å². The van der Waals surface area contributed by atoms with Crippen LogP contribution in [0, 0.1) is 0 Å². The quantitative estimate of drug-likeness (QED) is 0.690. The summed E-state index contributed by atoms with van der Waals surface area (Å²) in [4.78, 5) is 37.4. The molecule has 118 valence electrons. The van der Waals surface area contributed by atoms with Crippen molar-refractivity contribution in [1.29, 1.82) is 0 Å². The highest BCUT2D eigenvalue weighted by Crippen LogP contribution is 2.24. The first-order valence-corrected chi connectivity index (χ1v) is 7.80. The third-order valence-corrected chi connectivity index (χ3v) is 4.57. The van der Waals surface area contributed by atoms with E-state index in [4.69, 9.17) is 0 Å². The Morgan fingerprint density at radius 3 is 2.39 bits per heavy atom. The number of β-lactam (4-membered cyclic amide) rings is 1. The Bertz CT molecular complexity index is 767. The highest BCUT2D eigenvalue weighted by molar-refractivity contribution is 7.16. The molecular weight excluding hydrogens is 316 g/mol. The van der Waals surface area contributed by atoms with E-state index in [9.17, 15) is 14.4 Å². The number of ether oxygens (including phenoxy) is 1. The average Bonchev–Trinajstić information content (AvgIpc) is 3.04. The van der Waals surface area contributed by atoms with E-state index >= 15 is 0 Å². The van der Waals surface area contributed by atoms with E-state index in [0.29, 0.717) is 21.9 Å². The van der Waals surface area contributed by atoms with Gasteiger partial charge in [0.15, 0.2) is 0 Å². The highest BCUT2D eigenvalue weighted by atomic mass is 32.1. The predicted molar refractivity (Wildman–Crippen MR) is 87.0 cm³/mol. The summed E-state index contributed by atoms with van der Waals surface area (Å²) >= 11 is 1.07. The molecule has 7 heteroatoms. The Morgan fingerprint density at radius 1 is 1.13 bits per heavy atom. The molecule has 1 aliphatic rings. The topological polar surface area (TPSA) is 75.7 Å². The van der Waals surface area contributed by atoms with Gasteiger partial charge in [0, 0.05) is 24.3 Å². The van der Waals surface area contributed by atoms with Crippen molar-refractivity contribution in [2.45, 2.75) is 6.42 Å². The van der Waals surface area contributed by atoms with Crippen LogP contribution in [0.15, 0.2) is 36.4 Å². The summed E-state index contributed by atoms with van der Waals surface area (Å²) in [5.74, 6) is -0.647. The molecule has 1 aromatic heterocycles. The minimum atomic E-state index is -0.461. The van der Waals surface area contributed by atoms with Crippen LogP contribution in [0.3, 0.4) is 0 Å². The van der Waals surface area contributed by atoms with Crippen LogP contribution < -0.4 is 10.2 Å². The van der Waals surface area contributed by atoms with Gasteiger partial charge in [-0.05, 0) is 36.4 Å². The first kappa shape index (κ1) is 15.2. The lowest BCUT2D eigenvalue weighted by molar-refractivity contribution is -0.122. The number of amides is 2. The third kappa shape index (κ3) is 3.09. The van der Waals surface area contributed by atoms with E-state index in [1.807, 2.05) is 0 Å². The molecule has 1 fully saturated rings. The molecule has 1 aliphatic heterocycles. The fraction of sp³-hybridized carbons (Fsp3) is 0.188. The van der Waals surface area contributed by atoms with Crippen molar-refractivity contribution in [3.05, 3.63) is 46.2 Å². The highest BCUT2D eigenvalue weighted by Gasteiger charge is 2.24. The molecule has 0 radical (unpaired) electrons. The summed E-state index contributed by atoms with van der Waals surface area (Å²) in [7, 11) is 1.30. The molecule has 1 aromatic carbocycles. The lowest BCUT2D eigenvalue weighted by Gasteiger charge is -2.30. The summed E-state index contributed by atoms with van der Waals surface area (Å²) in [5.41, 5.74) is 1.45. The molecule has 3 rings (SSSR count). The van der Waals surface area contributed by atoms with Gasteiger partial charge in [0.05, 0.1) is 12.0 Å². The Kier molecular flexibility index (Phi) is 4.12. The van der Waals surface area contributed by atoms with Crippen LogP contribution in [0.4, 0.5) is 11.4 Å². The first-order valence-electron chi connectivity index (χ1n) is 6.98. The lowest BCUT2D eigenvalue weighted by atomic mass is 10.1. The molecule has 0 aliphatic carbocycles. The SMILES string of the molecule is COC(=O)c1ccc(C(=O)Nc2ccc(N3CCC3=O)cc2)s1. The van der Waals surface area contributed by atoms with Gasteiger partial charge in [-0.25, -0.2) is 4.79 Å². The second-order valence-electron chi connectivity index (χ2n) is 4.95. The van der Waals surface area contributed by atoms with Gasteiger partial charge >= 0.3 is 5.97 Å². The van der Waals surface area contributed by atoms with Gasteiger partial charge in [-0.15, -0.1) is 11.3 Å². The number of nitrogens with one attached hydrogen (secondary N) is 1. The van der Waals surface area contributed by atoms with Crippen LogP contribution in [0.2, 0.25) is 0 Å². The third-order valence-electron chi connectivity index (χ3n) is 3.50. The zero-order valence-corrected chi connectivity index (χ0v) is 13.2. The monoisotopic (exact) mass is 330 g/mol. The number of nitrogens with zero attached hydrogens (tertiary/aromatic N) is 1. The number of rotatable bonds is 4. The fourth-order valence-electron chi connectivity index (χ4n) is 2.18. The van der Waals surface area contributed by atoms with E-state index in [-0.39, 0.29) is 11.8 Å². The van der Waals surface area contributed by atoms with Crippen LogP contribution >= 0.6 is 11.3 Å². The van der Waals surface area contributed by atoms with Gasteiger partial charge in [-0.1, -0.05) is 0 Å². The summed E-state index contributed by atoms with van der Waals surface area (Å²) < 4.78 is 4.62. The number of carbonyl (C=O) groups is 3. The van der Waals surface area contributed by atoms with Crippen LogP contribution in [0.25, 0.3) is 0 Å². The number of benzene rings is 1. The lowest BCUT2D eigenvalue weighted by Crippen LogP contribution is -2.43. The standard InChI is InChI=1S/C16H14N2O4S/c1-22-16(21)13-7-6-12(23-13)15(20)17-10-2-4-11(5-3-10)18-9-8-14(18)19/h2-7H,8-9H2,1H3,(H,17,20). The molecule has 0 atom stereocenters. The van der Waals surface area contributed by atoms with Crippen LogP contribution in [0.5, 0.6) is 0 Å². The van der Waals surface area contributed by atoms with E-state index in [1.165, 1.54) is 7.11 Å². The Hall–Kier alpha value is -2.67. The van der Waals surface area contributed by atoms with Gasteiger partial charge in [-0.3, -0.25) is 9.59 Å². The molecule has 0 bridgehead atoms. The van der Waals surface area contributed by atoms with Crippen LogP contribution in [-0.4, -0.2) is 31.4 Å². The minimum Gasteiger partial charge on any atom is -0.465 e. The molecule has 2 heterocycles. The van der Waals surface area contributed by atoms with Gasteiger partial charge in [0.2, 0.25) is 5.91 Å². The fourth-order valence-corrected chi connectivity index (χ4v) is 3.00. The smallest absolute Gasteiger partial charge is 0.348 e. The summed E-state index contributed by atoms with van der Waals surface area (Å²) in [5, 5.41) is 2.76. The number of carbonyl (C=O) groups excluding carboxylic acids is 3. The maximum atomic E-state index is 12.2. The first-order chi connectivity index (χ1) is 11.1. The maximum Gasteiger partial charge on any atom is 0.348 e. The zero-order valence-electron chi connectivity index (χ0n) is 12.4. The van der Waals surface area contributed by atoms with E-state index in [2.05, 4.69) is 10.1 Å². The zero-order chi connectivity index (χ0) is 16.4. The second-order valence-corrected chi connectivity index (χ2v) is 6.04. The van der Waals surface area contributed by atoms with E-state index in [1.54, 1.807) is 41.3 Å². The molecule has 23 heavy (non-hydrogen) atoms. The summed E-state index contributed by atoms with van der Waals surface area (Å²) in [6.45, 7) is 0.732. The molecule has 0 saturated carbocycles. The molecule has 1 N–H and O–H groups in total. The summed E-state index contributed by atoms with van der Waals surface area (Å²) in [6.07, 6.45) is 0.583. The molecule has 6 nitrogen and oxygen atoms in total. The van der Waals surface area contributed by atoms with Crippen LogP contribution in [-0.2, 0) is 9.53 Å². The average molecular weight is 330 g/mol. The van der Waals surface area contributed by atoms with Crippen molar-refractivity contribution in [2.24, 2.45) is 0 Å². The largest absolute Gasteiger partial charge is 0.465 e. The Balaban J connectivity index is 1.66. The number of methoxy groups -OCH3 is 1. The number of anilines is 2. The van der Waals surface area contributed by atoms with E-state index in [0.717, 1.165) is 23.6 Å². The predicted octanol–water partition coefficient (Wildman–Crippen LogP) is 2.52. The molecule has 1 saturated heterocycles. The Morgan fingerprint density at radius 2 is 1.83 bits per heavy atom. The molecular formula is C16H14N2O4S. The Labute approximate surface area is 136 Å². The maximum absolute atomic E-state index is 12.2. The van der Waals surface area contributed by atoms with Gasteiger partial charge in [0.25, 0.3) is 5.91 Å². The van der Waals surface area contributed by atoms with Crippen molar-refractivity contribution >= 4 is 40.5 Å². The van der Waals surface area contributed by atoms with Gasteiger partial charge in [-0.2, -0.15) is 0 Å². The molecule has 2 aromatic rings. The van der Waals surface area contributed by atoms with Gasteiger partial charge in [0.1, 0.15) is 4.88 Å².